The molecule has 0 heterocycles. The number of halogens is 2. The highest BCUT2D eigenvalue weighted by Gasteiger charge is 2.00. The van der Waals surface area contributed by atoms with E-state index >= 15 is 0 Å². The molecular formula is C10H11Cl2NO. The maximum Gasteiger partial charge on any atom is 0.131 e. The summed E-state index contributed by atoms with van der Waals surface area (Å²) >= 11 is 11.7. The number of carbonyl (C=O) groups is 1. The Bertz CT molecular complexity index is 339. The fourth-order valence-corrected chi connectivity index (χ4v) is 1.36. The molecule has 1 rings (SSSR count). The summed E-state index contributed by atoms with van der Waals surface area (Å²) in [5, 5.41) is 4.28. The second-order valence-corrected chi connectivity index (χ2v) is 3.85. The third kappa shape index (κ3) is 3.56. The summed E-state index contributed by atoms with van der Waals surface area (Å²) in [6.45, 7) is 2.14. The van der Waals surface area contributed by atoms with Crippen molar-refractivity contribution >= 4 is 34.7 Å². The van der Waals surface area contributed by atoms with E-state index in [0.29, 0.717) is 23.0 Å². The fourth-order valence-electron chi connectivity index (χ4n) is 1.01. The number of nitrogens with one attached hydrogen (secondary N) is 1. The molecule has 1 aromatic carbocycles. The number of carbonyl (C=O) groups excluding carboxylic acids is 1. The average Bonchev–Trinajstić information content (AvgIpc) is 2.10. The van der Waals surface area contributed by atoms with Crippen molar-refractivity contribution in [1.82, 2.24) is 0 Å². The zero-order chi connectivity index (χ0) is 10.6. The van der Waals surface area contributed by atoms with E-state index in [1.807, 2.05) is 0 Å². The summed E-state index contributed by atoms with van der Waals surface area (Å²) in [6.07, 6.45) is 0.489. The van der Waals surface area contributed by atoms with Gasteiger partial charge in [0.2, 0.25) is 0 Å². The molecule has 0 saturated carbocycles. The van der Waals surface area contributed by atoms with Crippen molar-refractivity contribution in [2.45, 2.75) is 13.3 Å². The van der Waals surface area contributed by atoms with Gasteiger partial charge < -0.3 is 5.32 Å². The second-order valence-electron chi connectivity index (χ2n) is 3.00. The van der Waals surface area contributed by atoms with E-state index in [1.165, 1.54) is 0 Å². The van der Waals surface area contributed by atoms with E-state index in [0.717, 1.165) is 5.69 Å². The van der Waals surface area contributed by atoms with Crippen LogP contribution in [-0.4, -0.2) is 12.3 Å². The Hall–Kier alpha value is -0.730. The Morgan fingerprint density at radius 3 is 2.79 bits per heavy atom. The van der Waals surface area contributed by atoms with Crippen LogP contribution < -0.4 is 5.32 Å². The maximum atomic E-state index is 10.7. The highest BCUT2D eigenvalue weighted by molar-refractivity contribution is 6.35. The molecule has 0 radical (unpaired) electrons. The van der Waals surface area contributed by atoms with Crippen LogP contribution in [-0.2, 0) is 4.79 Å². The van der Waals surface area contributed by atoms with Gasteiger partial charge in [-0.3, -0.25) is 4.79 Å². The summed E-state index contributed by atoms with van der Waals surface area (Å²) in [5.41, 5.74) is 0.764. The predicted molar refractivity (Wildman–Crippen MR) is 60.2 cm³/mol. The quantitative estimate of drug-likeness (QED) is 0.861. The van der Waals surface area contributed by atoms with Gasteiger partial charge in [0.25, 0.3) is 0 Å². The molecule has 4 heteroatoms. The van der Waals surface area contributed by atoms with Crippen LogP contribution in [0.15, 0.2) is 18.2 Å². The monoisotopic (exact) mass is 231 g/mol. The van der Waals surface area contributed by atoms with Crippen LogP contribution >= 0.6 is 23.2 Å². The van der Waals surface area contributed by atoms with Crippen LogP contribution in [0.3, 0.4) is 0 Å². The Morgan fingerprint density at radius 2 is 2.14 bits per heavy atom. The van der Waals surface area contributed by atoms with Crippen LogP contribution in [0.5, 0.6) is 0 Å². The highest BCUT2D eigenvalue weighted by atomic mass is 35.5. The van der Waals surface area contributed by atoms with Gasteiger partial charge in [-0.15, -0.1) is 0 Å². The van der Waals surface area contributed by atoms with Gasteiger partial charge in [0.1, 0.15) is 5.78 Å². The SMILES string of the molecule is CC(=O)CCNc1cc(Cl)ccc1Cl. The van der Waals surface area contributed by atoms with Gasteiger partial charge in [0, 0.05) is 18.0 Å². The third-order valence-electron chi connectivity index (χ3n) is 1.72. The van der Waals surface area contributed by atoms with Crippen LogP contribution in [0.25, 0.3) is 0 Å². The van der Waals surface area contributed by atoms with Crippen molar-refractivity contribution in [3.8, 4) is 0 Å². The van der Waals surface area contributed by atoms with Gasteiger partial charge in [0.15, 0.2) is 0 Å². The van der Waals surface area contributed by atoms with Gasteiger partial charge in [0.05, 0.1) is 10.7 Å². The normalized spacial score (nSPS) is 9.93. The van der Waals surface area contributed by atoms with Gasteiger partial charge >= 0.3 is 0 Å². The number of rotatable bonds is 4. The lowest BCUT2D eigenvalue weighted by Crippen LogP contribution is -2.05. The molecule has 14 heavy (non-hydrogen) atoms. The molecule has 2 nitrogen and oxygen atoms in total. The highest BCUT2D eigenvalue weighted by Crippen LogP contribution is 2.25. The van der Waals surface area contributed by atoms with Gasteiger partial charge in [-0.05, 0) is 25.1 Å². The standard InChI is InChI=1S/C10H11Cl2NO/c1-7(14)4-5-13-10-6-8(11)2-3-9(10)12/h2-3,6,13H,4-5H2,1H3. The Balaban J connectivity index is 2.57. The minimum atomic E-state index is 0.149. The average molecular weight is 232 g/mol. The van der Waals surface area contributed by atoms with E-state index in [4.69, 9.17) is 23.2 Å². The number of hydrogen-bond donors (Lipinski definition) is 1. The van der Waals surface area contributed by atoms with Crippen molar-refractivity contribution in [2.75, 3.05) is 11.9 Å². The zero-order valence-corrected chi connectivity index (χ0v) is 9.32. The number of Topliss-reactive ketones (excluding diaryl/α,β-unsaturated/α-hetero) is 1. The first-order chi connectivity index (χ1) is 6.59. The summed E-state index contributed by atoms with van der Waals surface area (Å²) in [4.78, 5) is 10.7. The fraction of sp³-hybridized carbons (Fsp3) is 0.300. The molecule has 0 atom stereocenters. The van der Waals surface area contributed by atoms with Crippen molar-refractivity contribution in [3.63, 3.8) is 0 Å². The lowest BCUT2D eigenvalue weighted by atomic mass is 10.3. The van der Waals surface area contributed by atoms with E-state index in [9.17, 15) is 4.79 Å². The molecule has 1 N–H and O–H groups in total. The molecule has 0 spiro atoms. The minimum Gasteiger partial charge on any atom is -0.383 e. The molecular weight excluding hydrogens is 221 g/mol. The first-order valence-corrected chi connectivity index (χ1v) is 5.03. The molecule has 1 aromatic rings. The van der Waals surface area contributed by atoms with Gasteiger partial charge in [-0.2, -0.15) is 0 Å². The number of hydrogen-bond acceptors (Lipinski definition) is 2. The van der Waals surface area contributed by atoms with Crippen molar-refractivity contribution < 1.29 is 4.79 Å². The largest absolute Gasteiger partial charge is 0.383 e. The molecule has 0 amide bonds. The molecule has 76 valence electrons. The molecule has 0 aliphatic carbocycles. The smallest absolute Gasteiger partial charge is 0.131 e. The number of benzene rings is 1. The summed E-state index contributed by atoms with van der Waals surface area (Å²) in [5.74, 6) is 0.149. The molecule has 0 aromatic heterocycles. The lowest BCUT2D eigenvalue weighted by molar-refractivity contribution is -0.116. The molecule has 0 aliphatic heterocycles. The van der Waals surface area contributed by atoms with E-state index in [2.05, 4.69) is 5.32 Å². The molecule has 0 saturated heterocycles. The van der Waals surface area contributed by atoms with Crippen LogP contribution in [0.4, 0.5) is 5.69 Å². The minimum absolute atomic E-state index is 0.149. The van der Waals surface area contributed by atoms with E-state index in [-0.39, 0.29) is 5.78 Å². The first-order valence-electron chi connectivity index (χ1n) is 4.28. The van der Waals surface area contributed by atoms with E-state index < -0.39 is 0 Å². The topological polar surface area (TPSA) is 29.1 Å². The molecule has 0 aliphatic rings. The van der Waals surface area contributed by atoms with Crippen molar-refractivity contribution in [3.05, 3.63) is 28.2 Å². The number of ketones is 1. The third-order valence-corrected chi connectivity index (χ3v) is 2.29. The second kappa shape index (κ2) is 5.23. The zero-order valence-electron chi connectivity index (χ0n) is 7.81. The number of anilines is 1. The lowest BCUT2D eigenvalue weighted by Gasteiger charge is -2.07. The van der Waals surface area contributed by atoms with Gasteiger partial charge in [-0.1, -0.05) is 23.2 Å². The summed E-state index contributed by atoms with van der Waals surface area (Å²) < 4.78 is 0. The van der Waals surface area contributed by atoms with E-state index in [1.54, 1.807) is 25.1 Å². The maximum absolute atomic E-state index is 10.7. The van der Waals surface area contributed by atoms with Crippen LogP contribution in [0.1, 0.15) is 13.3 Å². The van der Waals surface area contributed by atoms with Crippen molar-refractivity contribution in [1.29, 1.82) is 0 Å². The van der Waals surface area contributed by atoms with Crippen LogP contribution in [0.2, 0.25) is 10.0 Å². The Labute approximate surface area is 93.2 Å². The molecule has 0 unspecified atom stereocenters. The molecule has 0 fully saturated rings. The van der Waals surface area contributed by atoms with Gasteiger partial charge in [-0.25, -0.2) is 0 Å². The first kappa shape index (κ1) is 11.3. The predicted octanol–water partition coefficient (Wildman–Crippen LogP) is 3.38. The Morgan fingerprint density at radius 1 is 1.43 bits per heavy atom. The van der Waals surface area contributed by atoms with Crippen molar-refractivity contribution in [2.24, 2.45) is 0 Å². The molecule has 0 bridgehead atoms. The Kier molecular flexibility index (Phi) is 4.23. The summed E-state index contributed by atoms with van der Waals surface area (Å²) in [7, 11) is 0. The van der Waals surface area contributed by atoms with Crippen LogP contribution in [0, 0.1) is 0 Å². The summed E-state index contributed by atoms with van der Waals surface area (Å²) in [6, 6.07) is 5.18.